The summed E-state index contributed by atoms with van der Waals surface area (Å²) in [6.45, 7) is 2.56. The van der Waals surface area contributed by atoms with Crippen LogP contribution in [0.5, 0.6) is 0 Å². The summed E-state index contributed by atoms with van der Waals surface area (Å²) in [5, 5.41) is 2.46. The second-order valence-electron chi connectivity index (χ2n) is 4.94. The smallest absolute Gasteiger partial charge is 0.355 e. The Hall–Kier alpha value is -2.96. The molecular formula is C16H15FN2O4. The Balaban J connectivity index is 1.92. The zero-order valence-electron chi connectivity index (χ0n) is 12.6. The number of nitrogens with one attached hydrogen (secondary N) is 2. The van der Waals surface area contributed by atoms with Gasteiger partial charge in [-0.05, 0) is 37.6 Å². The molecule has 1 aromatic carbocycles. The zero-order valence-corrected chi connectivity index (χ0v) is 12.6. The van der Waals surface area contributed by atoms with Crippen molar-refractivity contribution in [2.45, 2.75) is 13.8 Å². The Bertz CT molecular complexity index is 767. The molecule has 0 spiro atoms. The van der Waals surface area contributed by atoms with Gasteiger partial charge < -0.3 is 15.0 Å². The van der Waals surface area contributed by atoms with Crippen molar-refractivity contribution >= 4 is 23.3 Å². The number of ketones is 1. The number of carbonyl (C=O) groups is 3. The summed E-state index contributed by atoms with van der Waals surface area (Å²) in [6, 6.07) is 5.33. The van der Waals surface area contributed by atoms with Crippen LogP contribution in [0.2, 0.25) is 0 Å². The van der Waals surface area contributed by atoms with Crippen LogP contribution in [0.25, 0.3) is 0 Å². The van der Waals surface area contributed by atoms with Crippen LogP contribution in [0.4, 0.5) is 10.1 Å². The average Bonchev–Trinajstić information content (AvgIpc) is 2.99. The van der Waals surface area contributed by atoms with Gasteiger partial charge in [-0.2, -0.15) is 0 Å². The van der Waals surface area contributed by atoms with E-state index in [-0.39, 0.29) is 11.5 Å². The number of esters is 1. The number of amides is 1. The van der Waals surface area contributed by atoms with Crippen LogP contribution in [0.3, 0.4) is 0 Å². The number of hydrogen-bond acceptors (Lipinski definition) is 4. The van der Waals surface area contributed by atoms with E-state index in [1.54, 1.807) is 6.92 Å². The molecule has 1 amide bonds. The standard InChI is InChI=1S/C16H15FN2O4/c1-9-3-4-12(17)6-13(9)19-15(21)8-23-16(22)14-5-11(7-18-14)10(2)20/h3-7,18H,8H2,1-2H3,(H,19,21). The molecule has 6 nitrogen and oxygen atoms in total. The monoisotopic (exact) mass is 318 g/mol. The molecule has 0 aliphatic rings. The molecule has 0 atom stereocenters. The van der Waals surface area contributed by atoms with Crippen molar-refractivity contribution in [3.05, 3.63) is 53.1 Å². The van der Waals surface area contributed by atoms with E-state index in [0.29, 0.717) is 16.8 Å². The quantitative estimate of drug-likeness (QED) is 0.655. The number of H-pyrrole nitrogens is 1. The van der Waals surface area contributed by atoms with Gasteiger partial charge >= 0.3 is 5.97 Å². The molecular weight excluding hydrogens is 303 g/mol. The third kappa shape index (κ3) is 4.26. The molecule has 0 saturated heterocycles. The zero-order chi connectivity index (χ0) is 17.0. The van der Waals surface area contributed by atoms with Crippen molar-refractivity contribution in [1.29, 1.82) is 0 Å². The summed E-state index contributed by atoms with van der Waals surface area (Å²) in [5.74, 6) is -2.03. The molecule has 0 aliphatic heterocycles. The summed E-state index contributed by atoms with van der Waals surface area (Å²) >= 11 is 0. The second kappa shape index (κ2) is 6.87. The molecule has 0 saturated carbocycles. The lowest BCUT2D eigenvalue weighted by molar-refractivity contribution is -0.119. The molecule has 1 aromatic heterocycles. The van der Waals surface area contributed by atoms with Crippen molar-refractivity contribution in [1.82, 2.24) is 4.98 Å². The maximum Gasteiger partial charge on any atom is 0.355 e. The number of halogens is 1. The fraction of sp³-hybridized carbons (Fsp3) is 0.188. The molecule has 0 bridgehead atoms. The molecule has 23 heavy (non-hydrogen) atoms. The van der Waals surface area contributed by atoms with E-state index in [0.717, 1.165) is 0 Å². The lowest BCUT2D eigenvalue weighted by Crippen LogP contribution is -2.21. The highest BCUT2D eigenvalue weighted by atomic mass is 19.1. The lowest BCUT2D eigenvalue weighted by atomic mass is 10.2. The number of ether oxygens (including phenoxy) is 1. The van der Waals surface area contributed by atoms with E-state index in [9.17, 15) is 18.8 Å². The number of Topliss-reactive ketones (excluding diaryl/α,β-unsaturated/α-hetero) is 1. The normalized spacial score (nSPS) is 10.2. The summed E-state index contributed by atoms with van der Waals surface area (Å²) in [6.07, 6.45) is 1.38. The van der Waals surface area contributed by atoms with Crippen molar-refractivity contribution in [2.75, 3.05) is 11.9 Å². The predicted molar refractivity (Wildman–Crippen MR) is 80.8 cm³/mol. The number of hydrogen-bond donors (Lipinski definition) is 2. The minimum Gasteiger partial charge on any atom is -0.451 e. The van der Waals surface area contributed by atoms with Gasteiger partial charge in [0, 0.05) is 17.4 Å². The molecule has 0 fully saturated rings. The van der Waals surface area contributed by atoms with Crippen LogP contribution in [0, 0.1) is 12.7 Å². The fourth-order valence-corrected chi connectivity index (χ4v) is 1.84. The minimum absolute atomic E-state index is 0.0740. The summed E-state index contributed by atoms with van der Waals surface area (Å²) in [4.78, 5) is 37.2. The summed E-state index contributed by atoms with van der Waals surface area (Å²) in [7, 11) is 0. The highest BCUT2D eigenvalue weighted by molar-refractivity contribution is 5.98. The Labute approximate surface area is 131 Å². The van der Waals surface area contributed by atoms with Crippen LogP contribution in [-0.4, -0.2) is 29.3 Å². The number of aromatic amines is 1. The van der Waals surface area contributed by atoms with Gasteiger partial charge in [0.15, 0.2) is 12.4 Å². The van der Waals surface area contributed by atoms with Crippen LogP contribution in [0.15, 0.2) is 30.5 Å². The summed E-state index contributed by atoms with van der Waals surface area (Å²) < 4.78 is 18.0. The van der Waals surface area contributed by atoms with Crippen molar-refractivity contribution in [2.24, 2.45) is 0 Å². The maximum atomic E-state index is 13.1. The second-order valence-corrected chi connectivity index (χ2v) is 4.94. The van der Waals surface area contributed by atoms with E-state index < -0.39 is 24.3 Å². The van der Waals surface area contributed by atoms with Crippen LogP contribution in [0.1, 0.15) is 33.3 Å². The third-order valence-corrected chi connectivity index (χ3v) is 3.12. The SMILES string of the molecule is CC(=O)c1c[nH]c(C(=O)OCC(=O)Nc2cc(F)ccc2C)c1. The van der Waals surface area contributed by atoms with Crippen molar-refractivity contribution in [3.63, 3.8) is 0 Å². The molecule has 7 heteroatoms. The molecule has 0 unspecified atom stereocenters. The first-order valence-corrected chi connectivity index (χ1v) is 6.79. The van der Waals surface area contributed by atoms with E-state index in [1.165, 1.54) is 37.4 Å². The van der Waals surface area contributed by atoms with Gasteiger partial charge in [0.1, 0.15) is 11.5 Å². The van der Waals surface area contributed by atoms with Crippen LogP contribution in [-0.2, 0) is 9.53 Å². The Morgan fingerprint density at radius 3 is 2.65 bits per heavy atom. The highest BCUT2D eigenvalue weighted by Crippen LogP contribution is 2.15. The van der Waals surface area contributed by atoms with Gasteiger partial charge in [0.05, 0.1) is 0 Å². The van der Waals surface area contributed by atoms with Gasteiger partial charge in [-0.25, -0.2) is 9.18 Å². The van der Waals surface area contributed by atoms with Crippen molar-refractivity contribution in [3.8, 4) is 0 Å². The first-order valence-electron chi connectivity index (χ1n) is 6.79. The first-order chi connectivity index (χ1) is 10.9. The Morgan fingerprint density at radius 1 is 1.26 bits per heavy atom. The topological polar surface area (TPSA) is 88.3 Å². The van der Waals surface area contributed by atoms with Gasteiger partial charge in [0.2, 0.25) is 0 Å². The number of aryl methyl sites for hydroxylation is 1. The number of carbonyl (C=O) groups excluding carboxylic acids is 3. The summed E-state index contributed by atoms with van der Waals surface area (Å²) in [5.41, 5.74) is 1.41. The molecule has 2 aromatic rings. The van der Waals surface area contributed by atoms with Gasteiger partial charge in [-0.15, -0.1) is 0 Å². The molecule has 120 valence electrons. The molecule has 2 rings (SSSR count). The number of anilines is 1. The first kappa shape index (κ1) is 16.4. The maximum absolute atomic E-state index is 13.1. The van der Waals surface area contributed by atoms with Gasteiger partial charge in [-0.1, -0.05) is 6.07 Å². The average molecular weight is 318 g/mol. The minimum atomic E-state index is -0.761. The number of aromatic nitrogens is 1. The van der Waals surface area contributed by atoms with Gasteiger partial charge in [0.25, 0.3) is 5.91 Å². The van der Waals surface area contributed by atoms with E-state index in [1.807, 2.05) is 0 Å². The highest BCUT2D eigenvalue weighted by Gasteiger charge is 2.14. The fourth-order valence-electron chi connectivity index (χ4n) is 1.84. The Morgan fingerprint density at radius 2 is 2.00 bits per heavy atom. The molecule has 0 radical (unpaired) electrons. The van der Waals surface area contributed by atoms with Crippen molar-refractivity contribution < 1.29 is 23.5 Å². The Kier molecular flexibility index (Phi) is 4.90. The van der Waals surface area contributed by atoms with Crippen LogP contribution >= 0.6 is 0 Å². The number of rotatable bonds is 5. The van der Waals surface area contributed by atoms with Crippen LogP contribution < -0.4 is 5.32 Å². The van der Waals surface area contributed by atoms with Gasteiger partial charge in [-0.3, -0.25) is 9.59 Å². The lowest BCUT2D eigenvalue weighted by Gasteiger charge is -2.08. The van der Waals surface area contributed by atoms with E-state index >= 15 is 0 Å². The van der Waals surface area contributed by atoms with E-state index in [4.69, 9.17) is 4.74 Å². The predicted octanol–water partition coefficient (Wildman–Crippen LogP) is 2.46. The van der Waals surface area contributed by atoms with E-state index in [2.05, 4.69) is 10.3 Å². The molecule has 2 N–H and O–H groups in total. The molecule has 1 heterocycles. The third-order valence-electron chi connectivity index (χ3n) is 3.12. The molecule has 0 aliphatic carbocycles. The number of benzene rings is 1. The largest absolute Gasteiger partial charge is 0.451 e.